The van der Waals surface area contributed by atoms with Crippen LogP contribution in [0.5, 0.6) is 0 Å². The first-order chi connectivity index (χ1) is 11.5. The van der Waals surface area contributed by atoms with Crippen molar-refractivity contribution < 1.29 is 4.79 Å². The smallest absolute Gasteiger partial charge is 0.259 e. The van der Waals surface area contributed by atoms with E-state index in [2.05, 4.69) is 29.1 Å². The molecule has 3 aromatic rings. The maximum absolute atomic E-state index is 12.6. The number of thiophene rings is 1. The van der Waals surface area contributed by atoms with Crippen LogP contribution in [0.1, 0.15) is 35.1 Å². The second-order valence-electron chi connectivity index (χ2n) is 5.88. The summed E-state index contributed by atoms with van der Waals surface area (Å²) in [5.74, 6) is 0.0882. The van der Waals surface area contributed by atoms with Gasteiger partial charge in [0.25, 0.3) is 11.5 Å². The van der Waals surface area contributed by atoms with Gasteiger partial charge >= 0.3 is 0 Å². The van der Waals surface area contributed by atoms with Crippen LogP contribution >= 0.6 is 23.6 Å². The number of aromatic amines is 2. The quantitative estimate of drug-likeness (QED) is 0.621. The third-order valence-corrected chi connectivity index (χ3v) is 4.96. The van der Waals surface area contributed by atoms with Crippen molar-refractivity contribution in [2.24, 2.45) is 5.92 Å². The first kappa shape index (κ1) is 16.6. The largest absolute Gasteiger partial charge is 0.344 e. The van der Waals surface area contributed by atoms with E-state index >= 15 is 0 Å². The predicted molar refractivity (Wildman–Crippen MR) is 99.1 cm³/mol. The lowest BCUT2D eigenvalue weighted by atomic mass is 10.0. The maximum atomic E-state index is 12.6. The lowest BCUT2D eigenvalue weighted by Gasteiger charge is -2.21. The zero-order chi connectivity index (χ0) is 17.3. The number of aromatic nitrogens is 2. The summed E-state index contributed by atoms with van der Waals surface area (Å²) in [4.78, 5) is 31.1. The Morgan fingerprint density at radius 1 is 1.25 bits per heavy atom. The van der Waals surface area contributed by atoms with Crippen molar-refractivity contribution in [3.8, 4) is 0 Å². The molecule has 1 atom stereocenters. The second kappa shape index (κ2) is 6.70. The molecule has 3 rings (SSSR count). The molecular weight excluding hydrogens is 342 g/mol. The number of amides is 1. The number of fused-ring (bicyclic) bond motifs is 1. The Bertz CT molecular complexity index is 987. The van der Waals surface area contributed by atoms with Crippen LogP contribution in [0.3, 0.4) is 0 Å². The van der Waals surface area contributed by atoms with Gasteiger partial charge in [-0.15, -0.1) is 11.3 Å². The summed E-state index contributed by atoms with van der Waals surface area (Å²) in [6.07, 6.45) is 0. The van der Waals surface area contributed by atoms with Crippen LogP contribution in [0.4, 0.5) is 0 Å². The molecule has 0 aliphatic heterocycles. The minimum atomic E-state index is -0.264. The minimum absolute atomic E-state index is 0.0501. The van der Waals surface area contributed by atoms with Gasteiger partial charge < -0.3 is 10.3 Å². The van der Waals surface area contributed by atoms with Crippen LogP contribution < -0.4 is 10.9 Å². The molecule has 24 heavy (non-hydrogen) atoms. The van der Waals surface area contributed by atoms with E-state index in [0.29, 0.717) is 16.5 Å². The number of carbonyl (C=O) groups is 1. The number of rotatable bonds is 4. The highest BCUT2D eigenvalue weighted by molar-refractivity contribution is 7.71. The van der Waals surface area contributed by atoms with Gasteiger partial charge in [-0.05, 0) is 47.8 Å². The van der Waals surface area contributed by atoms with Crippen LogP contribution in [-0.2, 0) is 0 Å². The minimum Gasteiger partial charge on any atom is -0.344 e. The van der Waals surface area contributed by atoms with Gasteiger partial charge in [0.05, 0.1) is 16.9 Å². The van der Waals surface area contributed by atoms with E-state index in [9.17, 15) is 9.59 Å². The average molecular weight is 359 g/mol. The molecule has 0 unspecified atom stereocenters. The Balaban J connectivity index is 1.93. The molecule has 0 saturated carbocycles. The van der Waals surface area contributed by atoms with Crippen molar-refractivity contribution in [2.75, 3.05) is 0 Å². The first-order valence-electron chi connectivity index (χ1n) is 7.56. The lowest BCUT2D eigenvalue weighted by Crippen LogP contribution is -2.31. The van der Waals surface area contributed by atoms with Crippen molar-refractivity contribution >= 4 is 40.4 Å². The number of carbonyl (C=O) groups excluding carboxylic acids is 1. The van der Waals surface area contributed by atoms with Crippen LogP contribution in [0.15, 0.2) is 40.5 Å². The van der Waals surface area contributed by atoms with Crippen LogP contribution in [0.25, 0.3) is 10.9 Å². The first-order valence-corrected chi connectivity index (χ1v) is 8.85. The van der Waals surface area contributed by atoms with E-state index in [4.69, 9.17) is 12.2 Å². The topological polar surface area (TPSA) is 77.8 Å². The average Bonchev–Trinajstić information content (AvgIpc) is 3.05. The molecule has 2 heterocycles. The lowest BCUT2D eigenvalue weighted by molar-refractivity contribution is 0.0926. The molecule has 1 amide bonds. The number of H-pyrrole nitrogens is 2. The Morgan fingerprint density at radius 3 is 2.71 bits per heavy atom. The van der Waals surface area contributed by atoms with Crippen molar-refractivity contribution in [1.29, 1.82) is 0 Å². The molecular formula is C17H17N3O2S2. The Kier molecular flexibility index (Phi) is 4.64. The summed E-state index contributed by atoms with van der Waals surface area (Å²) < 4.78 is 0.240. The summed E-state index contributed by atoms with van der Waals surface area (Å²) >= 11 is 6.61. The summed E-state index contributed by atoms with van der Waals surface area (Å²) in [5, 5.41) is 5.55. The molecule has 0 radical (unpaired) electrons. The van der Waals surface area contributed by atoms with Crippen molar-refractivity contribution in [2.45, 2.75) is 19.9 Å². The SMILES string of the molecule is CC(C)[C@@H](NC(=O)c1ccc2c(=O)[nH]c(=S)[nH]c2c1)c1cccs1. The fraction of sp³-hybridized carbons (Fsp3) is 0.235. The maximum Gasteiger partial charge on any atom is 0.259 e. The second-order valence-corrected chi connectivity index (χ2v) is 7.27. The summed E-state index contributed by atoms with van der Waals surface area (Å²) in [6.45, 7) is 4.14. The fourth-order valence-electron chi connectivity index (χ4n) is 2.57. The molecule has 0 fully saturated rings. The van der Waals surface area contributed by atoms with Gasteiger partial charge in [0.1, 0.15) is 0 Å². The number of benzene rings is 1. The molecule has 1 aromatic carbocycles. The van der Waals surface area contributed by atoms with Gasteiger partial charge in [0.2, 0.25) is 0 Å². The predicted octanol–water partition coefficient (Wildman–Crippen LogP) is 3.77. The Morgan fingerprint density at radius 2 is 2.04 bits per heavy atom. The van der Waals surface area contributed by atoms with Gasteiger partial charge in [-0.25, -0.2) is 0 Å². The zero-order valence-corrected chi connectivity index (χ0v) is 14.9. The number of hydrogen-bond donors (Lipinski definition) is 3. The van der Waals surface area contributed by atoms with Gasteiger partial charge in [-0.1, -0.05) is 19.9 Å². The summed E-state index contributed by atoms with van der Waals surface area (Å²) in [6, 6.07) is 8.88. The Labute approximate surface area is 147 Å². The van der Waals surface area contributed by atoms with Crippen molar-refractivity contribution in [3.63, 3.8) is 0 Å². The molecule has 0 aliphatic carbocycles. The fourth-order valence-corrected chi connectivity index (χ4v) is 3.72. The molecule has 5 nitrogen and oxygen atoms in total. The van der Waals surface area contributed by atoms with E-state index in [0.717, 1.165) is 4.88 Å². The third-order valence-electron chi connectivity index (χ3n) is 3.80. The van der Waals surface area contributed by atoms with Crippen LogP contribution in [0, 0.1) is 10.7 Å². The van der Waals surface area contributed by atoms with E-state index in [-0.39, 0.29) is 28.2 Å². The standard InChI is InChI=1S/C17H17N3O2S2/c1-9(2)14(13-4-3-7-24-13)19-15(21)10-5-6-11-12(8-10)18-17(23)20-16(11)22/h3-9,14H,1-2H3,(H,19,21)(H2,18,20,22,23)/t14-/m1/s1. The monoisotopic (exact) mass is 359 g/mol. The van der Waals surface area contributed by atoms with Crippen molar-refractivity contribution in [3.05, 3.63) is 61.3 Å². The molecule has 124 valence electrons. The van der Waals surface area contributed by atoms with E-state index in [1.54, 1.807) is 29.5 Å². The van der Waals surface area contributed by atoms with Gasteiger partial charge in [-0.3, -0.25) is 14.6 Å². The molecule has 0 saturated heterocycles. The molecule has 0 aliphatic rings. The number of hydrogen-bond acceptors (Lipinski definition) is 4. The highest BCUT2D eigenvalue weighted by Crippen LogP contribution is 2.26. The van der Waals surface area contributed by atoms with Gasteiger partial charge in [-0.2, -0.15) is 0 Å². The summed E-state index contributed by atoms with van der Waals surface area (Å²) in [5.41, 5.74) is 0.772. The zero-order valence-electron chi connectivity index (χ0n) is 13.3. The molecule has 0 bridgehead atoms. The molecule has 0 spiro atoms. The van der Waals surface area contributed by atoms with Crippen LogP contribution in [0.2, 0.25) is 0 Å². The Hall–Kier alpha value is -2.25. The van der Waals surface area contributed by atoms with E-state index in [1.807, 2.05) is 17.5 Å². The molecule has 2 aromatic heterocycles. The highest BCUT2D eigenvalue weighted by atomic mass is 32.1. The van der Waals surface area contributed by atoms with Crippen molar-refractivity contribution in [1.82, 2.24) is 15.3 Å². The van der Waals surface area contributed by atoms with Crippen LogP contribution in [-0.4, -0.2) is 15.9 Å². The van der Waals surface area contributed by atoms with Gasteiger partial charge in [0, 0.05) is 10.4 Å². The van der Waals surface area contributed by atoms with E-state index < -0.39 is 0 Å². The molecule has 3 N–H and O–H groups in total. The van der Waals surface area contributed by atoms with E-state index in [1.165, 1.54) is 0 Å². The number of nitrogens with one attached hydrogen (secondary N) is 3. The normalized spacial score (nSPS) is 12.5. The third kappa shape index (κ3) is 3.32. The summed E-state index contributed by atoms with van der Waals surface area (Å²) in [7, 11) is 0. The molecule has 7 heteroatoms. The van der Waals surface area contributed by atoms with Gasteiger partial charge in [0.15, 0.2) is 4.77 Å². The highest BCUT2D eigenvalue weighted by Gasteiger charge is 2.20.